The summed E-state index contributed by atoms with van der Waals surface area (Å²) < 4.78 is 0. The minimum absolute atomic E-state index is 0. The number of nitrogens with one attached hydrogen (secondary N) is 1. The molecule has 10 heavy (non-hydrogen) atoms. The summed E-state index contributed by atoms with van der Waals surface area (Å²) in [6.45, 7) is 2.37. The van der Waals surface area contributed by atoms with Crippen LogP contribution in [-0.4, -0.2) is 24.1 Å². The van der Waals surface area contributed by atoms with Gasteiger partial charge in [-0.3, -0.25) is 0 Å². The van der Waals surface area contributed by atoms with Crippen molar-refractivity contribution in [3.63, 3.8) is 0 Å². The molecule has 2 aliphatic heterocycles. The topological polar surface area (TPSA) is 12.0 Å². The summed E-state index contributed by atoms with van der Waals surface area (Å²) in [5, 5.41) is 4.26. The first kappa shape index (κ1) is 8.44. The summed E-state index contributed by atoms with van der Waals surface area (Å²) in [5.41, 5.74) is 1.64. The molecule has 0 aromatic rings. The Morgan fingerprint density at radius 2 is 2.50 bits per heavy atom. The van der Waals surface area contributed by atoms with Gasteiger partial charge in [0.15, 0.2) is 0 Å². The molecular formula is C7H12ClNS. The van der Waals surface area contributed by atoms with Gasteiger partial charge in [-0.25, -0.2) is 0 Å². The van der Waals surface area contributed by atoms with Crippen LogP contribution in [0.25, 0.3) is 0 Å². The summed E-state index contributed by atoms with van der Waals surface area (Å²) >= 11 is 2.09. The third-order valence-electron chi connectivity index (χ3n) is 1.97. The van der Waals surface area contributed by atoms with Gasteiger partial charge in [-0.15, -0.1) is 24.2 Å². The van der Waals surface area contributed by atoms with Crippen molar-refractivity contribution in [3.05, 3.63) is 11.6 Å². The highest BCUT2D eigenvalue weighted by atomic mass is 35.5. The predicted octanol–water partition coefficient (Wildman–Crippen LogP) is 1.44. The van der Waals surface area contributed by atoms with Crippen molar-refractivity contribution in [2.75, 3.05) is 18.8 Å². The van der Waals surface area contributed by atoms with Crippen molar-refractivity contribution >= 4 is 24.2 Å². The molecule has 0 spiro atoms. The monoisotopic (exact) mass is 177 g/mol. The minimum atomic E-state index is 0. The van der Waals surface area contributed by atoms with Crippen LogP contribution in [0.5, 0.6) is 0 Å². The molecular weight excluding hydrogens is 166 g/mol. The van der Waals surface area contributed by atoms with Gasteiger partial charge >= 0.3 is 0 Å². The number of rotatable bonds is 0. The van der Waals surface area contributed by atoms with E-state index in [9.17, 15) is 0 Å². The van der Waals surface area contributed by atoms with Gasteiger partial charge in [-0.05, 0) is 18.5 Å². The van der Waals surface area contributed by atoms with E-state index in [1.54, 1.807) is 5.57 Å². The van der Waals surface area contributed by atoms with Gasteiger partial charge in [0.1, 0.15) is 0 Å². The molecule has 2 aliphatic rings. The van der Waals surface area contributed by atoms with Gasteiger partial charge in [0, 0.05) is 17.5 Å². The second-order valence-corrected chi connectivity index (χ2v) is 3.80. The number of hydrogen-bond donors (Lipinski definition) is 1. The van der Waals surface area contributed by atoms with E-state index in [0.29, 0.717) is 0 Å². The molecule has 0 radical (unpaired) electrons. The van der Waals surface area contributed by atoms with E-state index in [2.05, 4.69) is 23.2 Å². The fraction of sp³-hybridized carbons (Fsp3) is 0.714. The number of thioether (sulfide) groups is 1. The Labute approximate surface area is 72.1 Å². The third-order valence-corrected chi connectivity index (χ3v) is 3.27. The first-order valence-electron chi connectivity index (χ1n) is 3.48. The zero-order chi connectivity index (χ0) is 6.10. The zero-order valence-electron chi connectivity index (χ0n) is 5.80. The second kappa shape index (κ2) is 3.65. The summed E-state index contributed by atoms with van der Waals surface area (Å²) in [6.07, 6.45) is 3.72. The summed E-state index contributed by atoms with van der Waals surface area (Å²) in [5.74, 6) is 1.25. The number of halogens is 1. The first-order valence-corrected chi connectivity index (χ1v) is 4.53. The Hall–Kier alpha value is 0.340. The van der Waals surface area contributed by atoms with E-state index in [-0.39, 0.29) is 12.4 Å². The Morgan fingerprint density at radius 3 is 3.30 bits per heavy atom. The van der Waals surface area contributed by atoms with Crippen LogP contribution in [0.2, 0.25) is 0 Å². The van der Waals surface area contributed by atoms with Crippen molar-refractivity contribution < 1.29 is 0 Å². The predicted molar refractivity (Wildman–Crippen MR) is 49.1 cm³/mol. The maximum absolute atomic E-state index is 3.37. The highest BCUT2D eigenvalue weighted by Crippen LogP contribution is 2.30. The molecule has 3 heteroatoms. The van der Waals surface area contributed by atoms with Crippen LogP contribution < -0.4 is 5.32 Å². The van der Waals surface area contributed by atoms with Crippen LogP contribution in [0, 0.1) is 0 Å². The lowest BCUT2D eigenvalue weighted by molar-refractivity contribution is 0.622. The van der Waals surface area contributed by atoms with Gasteiger partial charge in [-0.2, -0.15) is 0 Å². The average molecular weight is 178 g/mol. The van der Waals surface area contributed by atoms with E-state index in [1.165, 1.54) is 18.7 Å². The largest absolute Gasteiger partial charge is 0.313 e. The lowest BCUT2D eigenvalue weighted by Crippen LogP contribution is -2.30. The van der Waals surface area contributed by atoms with Gasteiger partial charge in [0.2, 0.25) is 0 Å². The van der Waals surface area contributed by atoms with Gasteiger partial charge in [-0.1, -0.05) is 6.08 Å². The summed E-state index contributed by atoms with van der Waals surface area (Å²) in [6, 6.07) is 0. The zero-order valence-corrected chi connectivity index (χ0v) is 7.43. The van der Waals surface area contributed by atoms with Gasteiger partial charge in [0.05, 0.1) is 0 Å². The maximum Gasteiger partial charge on any atom is 0.0284 e. The van der Waals surface area contributed by atoms with Gasteiger partial charge in [0.25, 0.3) is 0 Å². The highest BCUT2D eigenvalue weighted by Gasteiger charge is 2.21. The normalized spacial score (nSPS) is 30.4. The Bertz CT molecular complexity index is 147. The lowest BCUT2D eigenvalue weighted by Gasteiger charge is -2.20. The molecule has 0 aromatic carbocycles. The Balaban J connectivity index is 0.000000500. The van der Waals surface area contributed by atoms with E-state index in [0.717, 1.165) is 11.8 Å². The Morgan fingerprint density at radius 1 is 1.60 bits per heavy atom. The van der Waals surface area contributed by atoms with Crippen molar-refractivity contribution in [1.29, 1.82) is 0 Å². The number of piperidine rings is 1. The molecule has 1 saturated heterocycles. The molecule has 0 aliphatic carbocycles. The molecule has 1 N–H and O–H groups in total. The second-order valence-electron chi connectivity index (χ2n) is 2.57. The minimum Gasteiger partial charge on any atom is -0.313 e. The fourth-order valence-electron chi connectivity index (χ4n) is 1.43. The van der Waals surface area contributed by atoms with E-state index in [4.69, 9.17) is 0 Å². The van der Waals surface area contributed by atoms with Crippen LogP contribution >= 0.6 is 24.2 Å². The quantitative estimate of drug-likeness (QED) is 0.563. The number of hydrogen-bond acceptors (Lipinski definition) is 2. The van der Waals surface area contributed by atoms with Crippen molar-refractivity contribution in [2.45, 2.75) is 11.7 Å². The average Bonchev–Trinajstić information content (AvgIpc) is 2.33. The molecule has 0 bridgehead atoms. The smallest absolute Gasteiger partial charge is 0.0284 e. The molecule has 1 nitrogen and oxygen atoms in total. The van der Waals surface area contributed by atoms with Crippen LogP contribution in [0.3, 0.4) is 0 Å². The van der Waals surface area contributed by atoms with E-state index in [1.807, 2.05) is 0 Å². The molecule has 1 unspecified atom stereocenters. The van der Waals surface area contributed by atoms with Crippen LogP contribution in [0.4, 0.5) is 0 Å². The van der Waals surface area contributed by atoms with Crippen molar-refractivity contribution in [3.8, 4) is 0 Å². The maximum atomic E-state index is 3.37. The van der Waals surface area contributed by atoms with Crippen LogP contribution in [0.1, 0.15) is 6.42 Å². The molecule has 2 heterocycles. The molecule has 1 atom stereocenters. The Kier molecular flexibility index (Phi) is 3.08. The molecule has 2 rings (SSSR count). The molecule has 0 amide bonds. The summed E-state index contributed by atoms with van der Waals surface area (Å²) in [4.78, 5) is 0. The molecule has 0 aromatic heterocycles. The van der Waals surface area contributed by atoms with Crippen LogP contribution in [-0.2, 0) is 0 Å². The van der Waals surface area contributed by atoms with Gasteiger partial charge < -0.3 is 5.32 Å². The SMILES string of the molecule is C1=C2CNCCC2SC1.Cl. The standard InChI is InChI=1S/C7H11NS.ClH/c1-3-8-5-6-2-4-9-7(1)6;/h2,7-8H,1,3-5H2;1H. The first-order chi connectivity index (χ1) is 4.47. The van der Waals surface area contributed by atoms with Crippen molar-refractivity contribution in [2.24, 2.45) is 0 Å². The summed E-state index contributed by atoms with van der Waals surface area (Å²) in [7, 11) is 0. The lowest BCUT2D eigenvalue weighted by atomic mass is 10.1. The van der Waals surface area contributed by atoms with Crippen molar-refractivity contribution in [1.82, 2.24) is 5.32 Å². The van der Waals surface area contributed by atoms with E-state index < -0.39 is 0 Å². The molecule has 1 fully saturated rings. The molecule has 0 saturated carbocycles. The van der Waals surface area contributed by atoms with E-state index >= 15 is 0 Å². The third kappa shape index (κ3) is 1.49. The number of fused-ring (bicyclic) bond motifs is 1. The fourth-order valence-corrected chi connectivity index (χ4v) is 2.65. The highest BCUT2D eigenvalue weighted by molar-refractivity contribution is 8.00. The van der Waals surface area contributed by atoms with Crippen LogP contribution in [0.15, 0.2) is 11.6 Å². The molecule has 58 valence electrons.